The maximum Gasteiger partial charge on any atom is 0.159 e. The van der Waals surface area contributed by atoms with Crippen molar-refractivity contribution < 1.29 is 0 Å². The molecule has 0 aliphatic heterocycles. The fourth-order valence-electron chi connectivity index (χ4n) is 3.37. The molecular formula is C19H18N3. The number of pyridine rings is 2. The van der Waals surface area contributed by atoms with Gasteiger partial charge in [0.25, 0.3) is 0 Å². The SMILES string of the molecule is [c]1ccc(N(c2nccc3cccnc23)C2CCCC2)cc1. The van der Waals surface area contributed by atoms with Gasteiger partial charge in [0, 0.05) is 29.5 Å². The molecule has 109 valence electrons. The largest absolute Gasteiger partial charge is 0.322 e. The Hall–Kier alpha value is -2.42. The van der Waals surface area contributed by atoms with Crippen molar-refractivity contribution in [2.24, 2.45) is 0 Å². The van der Waals surface area contributed by atoms with E-state index in [-0.39, 0.29) is 0 Å². The third kappa shape index (κ3) is 2.33. The molecule has 2 heterocycles. The van der Waals surface area contributed by atoms with E-state index < -0.39 is 0 Å². The Kier molecular flexibility index (Phi) is 3.47. The normalized spacial score (nSPS) is 15.3. The molecule has 1 fully saturated rings. The van der Waals surface area contributed by atoms with E-state index in [0.29, 0.717) is 6.04 Å². The lowest BCUT2D eigenvalue weighted by Gasteiger charge is -2.30. The average Bonchev–Trinajstić information content (AvgIpc) is 3.11. The van der Waals surface area contributed by atoms with Crippen LogP contribution in [0.5, 0.6) is 0 Å². The van der Waals surface area contributed by atoms with Crippen molar-refractivity contribution in [3.8, 4) is 0 Å². The Balaban J connectivity index is 1.89. The van der Waals surface area contributed by atoms with Crippen LogP contribution in [-0.2, 0) is 0 Å². The molecule has 3 nitrogen and oxygen atoms in total. The molecule has 0 spiro atoms. The summed E-state index contributed by atoms with van der Waals surface area (Å²) in [5.41, 5.74) is 2.15. The smallest absolute Gasteiger partial charge is 0.159 e. The molecule has 0 unspecified atom stereocenters. The van der Waals surface area contributed by atoms with Gasteiger partial charge < -0.3 is 4.90 Å². The first-order chi connectivity index (χ1) is 10.9. The highest BCUT2D eigenvalue weighted by Gasteiger charge is 2.26. The minimum atomic E-state index is 0.502. The van der Waals surface area contributed by atoms with Gasteiger partial charge in [-0.3, -0.25) is 4.98 Å². The monoisotopic (exact) mass is 288 g/mol. The standard InChI is InChI=1S/C19H18N3/c1-2-8-16(9-3-1)22(17-10-4-5-11-17)19-18-15(12-14-21-19)7-6-13-20-18/h2-3,6-9,12-14,17H,4-5,10-11H2. The predicted molar refractivity (Wildman–Crippen MR) is 89.2 cm³/mol. The second-order valence-electron chi connectivity index (χ2n) is 5.78. The van der Waals surface area contributed by atoms with E-state index in [1.165, 1.54) is 31.4 Å². The topological polar surface area (TPSA) is 29.0 Å². The molecule has 0 saturated heterocycles. The lowest BCUT2D eigenvalue weighted by Crippen LogP contribution is -2.29. The molecule has 0 atom stereocenters. The molecule has 3 aromatic rings. The first-order valence-corrected chi connectivity index (χ1v) is 7.88. The molecule has 1 aliphatic carbocycles. The molecule has 1 aliphatic rings. The van der Waals surface area contributed by atoms with Crippen LogP contribution in [0.4, 0.5) is 11.5 Å². The summed E-state index contributed by atoms with van der Waals surface area (Å²) >= 11 is 0. The van der Waals surface area contributed by atoms with Crippen LogP contribution in [0.15, 0.2) is 54.9 Å². The number of rotatable bonds is 3. The number of hydrogen-bond donors (Lipinski definition) is 0. The van der Waals surface area contributed by atoms with Crippen molar-refractivity contribution in [1.29, 1.82) is 0 Å². The Labute approximate surface area is 130 Å². The van der Waals surface area contributed by atoms with Gasteiger partial charge in [-0.15, -0.1) is 0 Å². The fourth-order valence-corrected chi connectivity index (χ4v) is 3.37. The van der Waals surface area contributed by atoms with Gasteiger partial charge in [0.2, 0.25) is 0 Å². The number of hydrogen-bond acceptors (Lipinski definition) is 3. The van der Waals surface area contributed by atoms with Gasteiger partial charge >= 0.3 is 0 Å². The van der Waals surface area contributed by atoms with E-state index in [9.17, 15) is 0 Å². The van der Waals surface area contributed by atoms with Crippen LogP contribution in [0.25, 0.3) is 10.9 Å². The second kappa shape index (κ2) is 5.76. The molecule has 22 heavy (non-hydrogen) atoms. The number of nitrogens with zero attached hydrogens (tertiary/aromatic N) is 3. The summed E-state index contributed by atoms with van der Waals surface area (Å²) in [6.07, 6.45) is 8.74. The quantitative estimate of drug-likeness (QED) is 0.710. The Bertz CT molecular complexity index is 758. The highest BCUT2D eigenvalue weighted by atomic mass is 15.2. The maximum atomic E-state index is 4.68. The number of aromatic nitrogens is 2. The van der Waals surface area contributed by atoms with Gasteiger partial charge in [0.05, 0.1) is 0 Å². The zero-order valence-electron chi connectivity index (χ0n) is 12.4. The highest BCUT2D eigenvalue weighted by molar-refractivity contribution is 5.90. The molecule has 1 aromatic carbocycles. The lowest BCUT2D eigenvalue weighted by molar-refractivity contribution is 0.672. The summed E-state index contributed by atoms with van der Waals surface area (Å²) in [4.78, 5) is 11.6. The Morgan fingerprint density at radius 3 is 2.59 bits per heavy atom. The van der Waals surface area contributed by atoms with E-state index >= 15 is 0 Å². The summed E-state index contributed by atoms with van der Waals surface area (Å²) in [5.74, 6) is 0.969. The van der Waals surface area contributed by atoms with Crippen LogP contribution in [0.3, 0.4) is 0 Å². The molecular weight excluding hydrogens is 270 g/mol. The van der Waals surface area contributed by atoms with Crippen LogP contribution in [0, 0.1) is 6.07 Å². The lowest BCUT2D eigenvalue weighted by atomic mass is 10.1. The maximum absolute atomic E-state index is 4.68. The number of anilines is 2. The Morgan fingerprint density at radius 2 is 1.77 bits per heavy atom. The minimum Gasteiger partial charge on any atom is -0.322 e. The van der Waals surface area contributed by atoms with E-state index in [2.05, 4.69) is 39.1 Å². The zero-order chi connectivity index (χ0) is 14.8. The zero-order valence-corrected chi connectivity index (χ0v) is 12.4. The van der Waals surface area contributed by atoms with Crippen LogP contribution < -0.4 is 4.90 Å². The van der Waals surface area contributed by atoms with Crippen molar-refractivity contribution in [2.75, 3.05) is 4.90 Å². The van der Waals surface area contributed by atoms with Crippen LogP contribution in [0.2, 0.25) is 0 Å². The second-order valence-corrected chi connectivity index (χ2v) is 5.78. The molecule has 1 radical (unpaired) electrons. The summed E-state index contributed by atoms with van der Waals surface area (Å²) in [5, 5.41) is 1.14. The van der Waals surface area contributed by atoms with Gasteiger partial charge in [-0.25, -0.2) is 4.98 Å². The molecule has 3 heteroatoms. The van der Waals surface area contributed by atoms with Gasteiger partial charge in [-0.2, -0.15) is 0 Å². The van der Waals surface area contributed by atoms with Crippen molar-refractivity contribution in [2.45, 2.75) is 31.7 Å². The highest BCUT2D eigenvalue weighted by Crippen LogP contribution is 2.36. The molecule has 4 rings (SSSR count). The van der Waals surface area contributed by atoms with Gasteiger partial charge in [-0.05, 0) is 43.2 Å². The van der Waals surface area contributed by atoms with Crippen molar-refractivity contribution >= 4 is 22.4 Å². The third-order valence-electron chi connectivity index (χ3n) is 4.40. The van der Waals surface area contributed by atoms with Crippen LogP contribution in [-0.4, -0.2) is 16.0 Å². The summed E-state index contributed by atoms with van der Waals surface area (Å²) in [7, 11) is 0. The first-order valence-electron chi connectivity index (χ1n) is 7.88. The molecule has 0 N–H and O–H groups in total. The van der Waals surface area contributed by atoms with E-state index in [0.717, 1.165) is 16.7 Å². The molecule has 2 aromatic heterocycles. The summed E-state index contributed by atoms with van der Waals surface area (Å²) < 4.78 is 0. The Morgan fingerprint density at radius 1 is 0.955 bits per heavy atom. The van der Waals surface area contributed by atoms with Gasteiger partial charge in [-0.1, -0.05) is 31.0 Å². The summed E-state index contributed by atoms with van der Waals surface area (Å²) in [6, 6.07) is 17.9. The average molecular weight is 288 g/mol. The minimum absolute atomic E-state index is 0.502. The first kappa shape index (κ1) is 13.3. The van der Waals surface area contributed by atoms with E-state index in [4.69, 9.17) is 0 Å². The third-order valence-corrected chi connectivity index (χ3v) is 4.40. The van der Waals surface area contributed by atoms with Gasteiger partial charge in [0.15, 0.2) is 5.82 Å². The van der Waals surface area contributed by atoms with E-state index in [1.807, 2.05) is 36.7 Å². The number of fused-ring (bicyclic) bond motifs is 1. The van der Waals surface area contributed by atoms with Crippen molar-refractivity contribution in [3.63, 3.8) is 0 Å². The van der Waals surface area contributed by atoms with Crippen molar-refractivity contribution in [1.82, 2.24) is 9.97 Å². The summed E-state index contributed by atoms with van der Waals surface area (Å²) in [6.45, 7) is 0. The molecule has 0 amide bonds. The van der Waals surface area contributed by atoms with Gasteiger partial charge in [0.1, 0.15) is 5.52 Å². The fraction of sp³-hybridized carbons (Fsp3) is 0.263. The van der Waals surface area contributed by atoms with Crippen molar-refractivity contribution in [3.05, 3.63) is 60.9 Å². The molecule has 1 saturated carbocycles. The van der Waals surface area contributed by atoms with Crippen LogP contribution >= 0.6 is 0 Å². The number of benzene rings is 1. The van der Waals surface area contributed by atoms with E-state index in [1.54, 1.807) is 0 Å². The predicted octanol–water partition coefficient (Wildman–Crippen LogP) is 4.51. The molecule has 0 bridgehead atoms. The van der Waals surface area contributed by atoms with Crippen LogP contribution in [0.1, 0.15) is 25.7 Å².